The van der Waals surface area contributed by atoms with E-state index in [2.05, 4.69) is 5.32 Å². The van der Waals surface area contributed by atoms with Gasteiger partial charge in [-0.1, -0.05) is 6.92 Å². The molecule has 1 fully saturated rings. The number of carbonyl (C=O) groups excluding carboxylic acids is 1. The predicted molar refractivity (Wildman–Crippen MR) is 70.7 cm³/mol. The lowest BCUT2D eigenvalue weighted by molar-refractivity contribution is 0.0227. The van der Waals surface area contributed by atoms with Gasteiger partial charge < -0.3 is 10.4 Å². The van der Waals surface area contributed by atoms with Crippen molar-refractivity contribution in [2.75, 3.05) is 0 Å². The summed E-state index contributed by atoms with van der Waals surface area (Å²) in [6.07, 6.45) is 1.75. The molecule has 0 aliphatic heterocycles. The first kappa shape index (κ1) is 15.0. The molecule has 0 aromatic carbocycles. The van der Waals surface area contributed by atoms with Crippen LogP contribution in [0.15, 0.2) is 12.1 Å². The summed E-state index contributed by atoms with van der Waals surface area (Å²) in [5.41, 5.74) is 0.341. The molecular formula is C14H20F2N2O2. The van der Waals surface area contributed by atoms with E-state index in [0.717, 1.165) is 11.0 Å². The molecule has 0 radical (unpaired) electrons. The van der Waals surface area contributed by atoms with Crippen LogP contribution in [-0.4, -0.2) is 27.7 Å². The molecule has 1 aromatic rings. The van der Waals surface area contributed by atoms with Crippen molar-refractivity contribution in [3.63, 3.8) is 0 Å². The molecule has 112 valence electrons. The lowest BCUT2D eigenvalue weighted by Crippen LogP contribution is -2.47. The van der Waals surface area contributed by atoms with Crippen LogP contribution in [-0.2, 0) is 0 Å². The first-order chi connectivity index (χ1) is 9.43. The SMILES string of the molecule is CCC(NC(=O)c1ccc(C)n1C(F)F)C1CC(O)C1. The standard InChI is InChI=1S/C14H20F2N2O2/c1-3-11(9-6-10(19)7-9)17-13(20)12-5-4-8(2)18(12)14(15)16/h4-5,9-11,14,19H,3,6-7H2,1-2H3,(H,17,20). The molecule has 4 nitrogen and oxygen atoms in total. The third-order valence-electron chi connectivity index (χ3n) is 4.02. The molecule has 20 heavy (non-hydrogen) atoms. The predicted octanol–water partition coefficient (Wildman–Crippen LogP) is 2.47. The molecule has 6 heteroatoms. The zero-order valence-electron chi connectivity index (χ0n) is 11.6. The van der Waals surface area contributed by atoms with E-state index < -0.39 is 12.5 Å². The van der Waals surface area contributed by atoms with Crippen LogP contribution in [0.4, 0.5) is 8.78 Å². The fourth-order valence-electron chi connectivity index (χ4n) is 2.75. The summed E-state index contributed by atoms with van der Waals surface area (Å²) < 4.78 is 26.6. The molecule has 1 amide bonds. The second-order valence-corrected chi connectivity index (χ2v) is 5.38. The number of nitrogens with zero attached hydrogens (tertiary/aromatic N) is 1. The number of aliphatic hydroxyl groups excluding tert-OH is 1. The minimum absolute atomic E-state index is 0.0178. The van der Waals surface area contributed by atoms with Gasteiger partial charge in [0.2, 0.25) is 0 Å². The lowest BCUT2D eigenvalue weighted by Gasteiger charge is -2.37. The Balaban J connectivity index is 2.07. The number of aromatic nitrogens is 1. The van der Waals surface area contributed by atoms with Gasteiger partial charge in [-0.15, -0.1) is 0 Å². The number of carbonyl (C=O) groups is 1. The highest BCUT2D eigenvalue weighted by molar-refractivity contribution is 5.93. The Morgan fingerprint density at radius 2 is 2.15 bits per heavy atom. The smallest absolute Gasteiger partial charge is 0.319 e. The highest BCUT2D eigenvalue weighted by Gasteiger charge is 2.34. The summed E-state index contributed by atoms with van der Waals surface area (Å²) >= 11 is 0. The highest BCUT2D eigenvalue weighted by atomic mass is 19.3. The van der Waals surface area contributed by atoms with Gasteiger partial charge in [-0.25, -0.2) is 0 Å². The van der Waals surface area contributed by atoms with Gasteiger partial charge in [-0.2, -0.15) is 8.78 Å². The van der Waals surface area contributed by atoms with Gasteiger partial charge in [-0.3, -0.25) is 9.36 Å². The molecule has 2 N–H and O–H groups in total. The Labute approximate surface area is 116 Å². The van der Waals surface area contributed by atoms with Gasteiger partial charge in [-0.05, 0) is 44.2 Å². The van der Waals surface area contributed by atoms with Crippen LogP contribution in [0.1, 0.15) is 48.9 Å². The molecule has 1 heterocycles. The number of aliphatic hydroxyl groups is 1. The van der Waals surface area contributed by atoms with Crippen LogP contribution in [0, 0.1) is 12.8 Å². The summed E-state index contributed by atoms with van der Waals surface area (Å²) in [6, 6.07) is 2.85. The number of hydrogen-bond acceptors (Lipinski definition) is 2. The largest absolute Gasteiger partial charge is 0.393 e. The zero-order chi connectivity index (χ0) is 14.9. The second-order valence-electron chi connectivity index (χ2n) is 5.38. The van der Waals surface area contributed by atoms with E-state index >= 15 is 0 Å². The van der Waals surface area contributed by atoms with Crippen molar-refractivity contribution in [1.29, 1.82) is 0 Å². The Hall–Kier alpha value is -1.43. The summed E-state index contributed by atoms with van der Waals surface area (Å²) in [5.74, 6) is -0.248. The third kappa shape index (κ3) is 2.85. The Bertz CT molecular complexity index is 482. The fourth-order valence-corrected chi connectivity index (χ4v) is 2.75. The molecule has 1 aromatic heterocycles. The van der Waals surface area contributed by atoms with Crippen LogP contribution in [0.3, 0.4) is 0 Å². The molecule has 0 saturated heterocycles. The van der Waals surface area contributed by atoms with Crippen LogP contribution in [0.5, 0.6) is 0 Å². The number of aryl methyl sites for hydroxylation is 1. The number of hydrogen-bond donors (Lipinski definition) is 2. The van der Waals surface area contributed by atoms with Gasteiger partial charge in [0.15, 0.2) is 0 Å². The number of amides is 1. The normalized spacial score (nSPS) is 23.5. The molecule has 1 aliphatic rings. The first-order valence-corrected chi connectivity index (χ1v) is 6.89. The van der Waals surface area contributed by atoms with Gasteiger partial charge >= 0.3 is 6.55 Å². The quantitative estimate of drug-likeness (QED) is 0.873. The molecular weight excluding hydrogens is 266 g/mol. The topological polar surface area (TPSA) is 54.3 Å². The Morgan fingerprint density at radius 1 is 1.50 bits per heavy atom. The van der Waals surface area contributed by atoms with Crippen LogP contribution >= 0.6 is 0 Å². The average molecular weight is 286 g/mol. The van der Waals surface area contributed by atoms with E-state index in [1.54, 1.807) is 6.92 Å². The maximum atomic E-state index is 12.9. The van der Waals surface area contributed by atoms with E-state index in [4.69, 9.17) is 0 Å². The van der Waals surface area contributed by atoms with Crippen molar-refractivity contribution in [3.05, 3.63) is 23.5 Å². The number of alkyl halides is 2. The molecule has 1 saturated carbocycles. The third-order valence-corrected chi connectivity index (χ3v) is 4.02. The van der Waals surface area contributed by atoms with Crippen molar-refractivity contribution in [2.45, 2.75) is 51.8 Å². The van der Waals surface area contributed by atoms with Gasteiger partial charge in [0.1, 0.15) is 5.69 Å². The number of halogens is 2. The fraction of sp³-hybridized carbons (Fsp3) is 0.643. The monoisotopic (exact) mass is 286 g/mol. The summed E-state index contributed by atoms with van der Waals surface area (Å²) in [5, 5.41) is 12.1. The molecule has 1 unspecified atom stereocenters. The highest BCUT2D eigenvalue weighted by Crippen LogP contribution is 2.31. The molecule has 0 bridgehead atoms. The Morgan fingerprint density at radius 3 is 2.65 bits per heavy atom. The minimum atomic E-state index is -2.73. The van der Waals surface area contributed by atoms with Crippen LogP contribution in [0.2, 0.25) is 0 Å². The number of nitrogens with one attached hydrogen (secondary N) is 1. The molecule has 1 aliphatic carbocycles. The molecule has 0 spiro atoms. The Kier molecular flexibility index (Phi) is 4.42. The minimum Gasteiger partial charge on any atom is -0.393 e. The molecule has 2 rings (SSSR count). The van der Waals surface area contributed by atoms with Crippen molar-refractivity contribution in [1.82, 2.24) is 9.88 Å². The lowest BCUT2D eigenvalue weighted by atomic mass is 9.76. The van der Waals surface area contributed by atoms with Crippen molar-refractivity contribution >= 4 is 5.91 Å². The summed E-state index contributed by atoms with van der Waals surface area (Å²) in [6.45, 7) is 0.756. The van der Waals surface area contributed by atoms with E-state index in [0.29, 0.717) is 18.5 Å². The van der Waals surface area contributed by atoms with Crippen molar-refractivity contribution < 1.29 is 18.7 Å². The van der Waals surface area contributed by atoms with Gasteiger partial charge in [0.05, 0.1) is 6.10 Å². The average Bonchev–Trinajstić information content (AvgIpc) is 2.74. The summed E-state index contributed by atoms with van der Waals surface area (Å²) in [4.78, 5) is 12.2. The van der Waals surface area contributed by atoms with E-state index in [-0.39, 0.29) is 23.8 Å². The molecule has 1 atom stereocenters. The number of rotatable bonds is 5. The van der Waals surface area contributed by atoms with Crippen LogP contribution < -0.4 is 5.32 Å². The first-order valence-electron chi connectivity index (χ1n) is 6.89. The maximum Gasteiger partial charge on any atom is 0.319 e. The second kappa shape index (κ2) is 5.91. The van der Waals surface area contributed by atoms with Crippen molar-refractivity contribution in [3.8, 4) is 0 Å². The van der Waals surface area contributed by atoms with E-state index in [9.17, 15) is 18.7 Å². The van der Waals surface area contributed by atoms with Gasteiger partial charge in [0, 0.05) is 11.7 Å². The van der Waals surface area contributed by atoms with Crippen molar-refractivity contribution in [2.24, 2.45) is 5.92 Å². The zero-order valence-corrected chi connectivity index (χ0v) is 11.6. The summed E-state index contributed by atoms with van der Waals surface area (Å²) in [7, 11) is 0. The van der Waals surface area contributed by atoms with Crippen LogP contribution in [0.25, 0.3) is 0 Å². The van der Waals surface area contributed by atoms with Gasteiger partial charge in [0.25, 0.3) is 5.91 Å². The maximum absolute atomic E-state index is 12.9. The van der Waals surface area contributed by atoms with E-state index in [1.165, 1.54) is 12.1 Å². The van der Waals surface area contributed by atoms with E-state index in [1.807, 2.05) is 6.92 Å².